The Bertz CT molecular complexity index is 445. The molecular weight excluding hydrogens is 473 g/mol. The van der Waals surface area contributed by atoms with Crippen LogP contribution in [0.25, 0.3) is 0 Å². The van der Waals surface area contributed by atoms with Gasteiger partial charge in [0.25, 0.3) is 0 Å². The van der Waals surface area contributed by atoms with Crippen LogP contribution in [-0.4, -0.2) is 10.2 Å². The maximum Gasteiger partial charge on any atom is 0 e. The smallest absolute Gasteiger partial charge is 0 e. The quantitative estimate of drug-likeness (QED) is 0.289. The molecule has 5 heteroatoms. The van der Waals surface area contributed by atoms with E-state index in [0.29, 0.717) is 0 Å². The van der Waals surface area contributed by atoms with Gasteiger partial charge < -0.3 is 40.5 Å². The molecule has 2 nitrogen and oxygen atoms in total. The largest absolute Gasteiger partial charge is 0.748 e. The van der Waals surface area contributed by atoms with Crippen LogP contribution in [-0.2, 0) is 49.8 Å². The Hall–Kier alpha value is -0.536. The second kappa shape index (κ2) is 25.5. The van der Waals surface area contributed by atoms with E-state index in [4.69, 9.17) is 10.2 Å². The van der Waals surface area contributed by atoms with E-state index in [1.165, 1.54) is 27.8 Å². The first-order valence-electron chi connectivity index (χ1n) is 7.72. The van der Waals surface area contributed by atoms with Crippen LogP contribution >= 0.6 is 0 Å². The van der Waals surface area contributed by atoms with Gasteiger partial charge in [0, 0.05) is 49.8 Å². The molecule has 2 N–H and O–H groups in total. The summed E-state index contributed by atoms with van der Waals surface area (Å²) in [4.78, 5) is 0. The molecule has 3 rings (SSSR count). The molecule has 169 valence electrons. The second-order valence-electron chi connectivity index (χ2n) is 5.05. The summed E-state index contributed by atoms with van der Waals surface area (Å²) in [7, 11) is 4.50. The molecule has 1 radical (unpaired) electrons. The third-order valence-corrected chi connectivity index (χ3v) is 3.92. The van der Waals surface area contributed by atoms with E-state index in [0.717, 1.165) is 0 Å². The first-order valence-corrected chi connectivity index (χ1v) is 7.72. The van der Waals surface area contributed by atoms with Crippen molar-refractivity contribution in [2.45, 2.75) is 34.6 Å². The summed E-state index contributed by atoms with van der Waals surface area (Å²) in [6, 6.07) is 20.0. The predicted octanol–water partition coefficient (Wildman–Crippen LogP) is 6.05. The fourth-order valence-corrected chi connectivity index (χ4v) is 2.05. The Labute approximate surface area is 196 Å². The maximum absolute atomic E-state index is 6.75. The van der Waals surface area contributed by atoms with Crippen molar-refractivity contribution in [3.8, 4) is 0 Å². The summed E-state index contributed by atoms with van der Waals surface area (Å²) in [6.45, 7) is 11.0. The summed E-state index contributed by atoms with van der Waals surface area (Å²) in [5.41, 5.74) is 7.34. The van der Waals surface area contributed by atoms with Crippen molar-refractivity contribution < 1.29 is 60.0 Å². The topological polar surface area (TPSA) is 40.5 Å². The Kier molecular flexibility index (Phi) is 35.1. The molecular formula is C22H31CoNi2O2-9. The zero-order chi connectivity index (χ0) is 19.0. The minimum atomic E-state index is 0. The van der Waals surface area contributed by atoms with Crippen LogP contribution in [0.1, 0.15) is 27.8 Å². The molecule has 0 aliphatic heterocycles. The molecule has 0 heterocycles. The number of aliphatic hydroxyl groups is 2. The standard InChI is InChI=1S/C10H15.2C5H5.2CH3O.Co.2Ni/c1-6-7(2)9(4)10(5)8(6)3;2*1-2-4-5-3-1;2*1-2;;;/h1-5H3;2*1-5H;2*2H,1H2;;;/q-1;-5;3*-1;;;. The molecule has 0 amide bonds. The maximum atomic E-state index is 6.75. The fraction of sp³-hybridized carbons (Fsp3) is 0.227. The molecule has 0 aliphatic rings. The minimum Gasteiger partial charge on any atom is -0.748 e. The molecule has 0 spiro atoms. The first-order chi connectivity index (χ1) is 11.6. The third kappa shape index (κ3) is 16.1. The molecule has 0 fully saturated rings. The van der Waals surface area contributed by atoms with Crippen molar-refractivity contribution in [2.24, 2.45) is 0 Å². The van der Waals surface area contributed by atoms with E-state index in [1.54, 1.807) is 0 Å². The molecule has 3 aromatic carbocycles. The van der Waals surface area contributed by atoms with Crippen LogP contribution in [0.2, 0.25) is 0 Å². The number of rotatable bonds is 0. The number of hydrogen-bond acceptors (Lipinski definition) is 2. The summed E-state index contributed by atoms with van der Waals surface area (Å²) in [5, 5.41) is 13.5. The number of aliphatic hydroxyl groups excluding tert-OH is 2. The van der Waals surface area contributed by atoms with Gasteiger partial charge in [0.05, 0.1) is 0 Å². The van der Waals surface area contributed by atoms with Crippen LogP contribution in [0.15, 0.2) is 60.7 Å². The van der Waals surface area contributed by atoms with Gasteiger partial charge in [0.1, 0.15) is 0 Å². The summed E-state index contributed by atoms with van der Waals surface area (Å²) >= 11 is 0. The molecule has 0 bridgehead atoms. The zero-order valence-electron chi connectivity index (χ0n) is 16.5. The van der Waals surface area contributed by atoms with Crippen LogP contribution in [0.4, 0.5) is 0 Å². The number of hydrogen-bond donors (Lipinski definition) is 2. The molecule has 0 saturated heterocycles. The van der Waals surface area contributed by atoms with Crippen molar-refractivity contribution in [1.29, 1.82) is 0 Å². The Morgan fingerprint density at radius 3 is 1.07 bits per heavy atom. The van der Waals surface area contributed by atoms with E-state index in [1.807, 2.05) is 60.7 Å². The minimum absolute atomic E-state index is 0. The van der Waals surface area contributed by atoms with E-state index in [-0.39, 0.29) is 49.8 Å². The van der Waals surface area contributed by atoms with Gasteiger partial charge in [-0.3, -0.25) is 0 Å². The molecule has 27 heavy (non-hydrogen) atoms. The molecule has 3 aromatic rings. The zero-order valence-corrected chi connectivity index (χ0v) is 19.6. The van der Waals surface area contributed by atoms with Crippen molar-refractivity contribution in [3.63, 3.8) is 0 Å². The fourth-order valence-electron chi connectivity index (χ4n) is 2.05. The molecule has 0 atom stereocenters. The van der Waals surface area contributed by atoms with Gasteiger partial charge in [-0.1, -0.05) is 34.6 Å². The monoisotopic (exact) mass is 502 g/mol. The van der Waals surface area contributed by atoms with Crippen LogP contribution in [0, 0.1) is 48.8 Å². The predicted molar refractivity (Wildman–Crippen MR) is 104 cm³/mol. The Morgan fingerprint density at radius 2 is 0.963 bits per heavy atom. The summed E-state index contributed by atoms with van der Waals surface area (Å²) in [6.07, 6.45) is 0. The second-order valence-corrected chi connectivity index (χ2v) is 5.05. The van der Waals surface area contributed by atoms with Crippen molar-refractivity contribution in [2.75, 3.05) is 0 Å². The van der Waals surface area contributed by atoms with Gasteiger partial charge in [-0.25, -0.2) is 26.4 Å². The van der Waals surface area contributed by atoms with Crippen molar-refractivity contribution in [3.05, 3.63) is 103 Å². The SMILES string of the molecule is Cc1c(C)c(C)[c-](C)c1C.[CH2-]O.[CH2-]O.[Co].[Ni].[Ni].[cH-]1[cH-][cH-][cH-][cH-]1.c1cc[cH-]c1. The summed E-state index contributed by atoms with van der Waals surface area (Å²) < 4.78 is 0. The molecule has 0 aromatic heterocycles. The van der Waals surface area contributed by atoms with E-state index in [2.05, 4.69) is 48.8 Å². The van der Waals surface area contributed by atoms with Crippen molar-refractivity contribution in [1.82, 2.24) is 0 Å². The van der Waals surface area contributed by atoms with Gasteiger partial charge in [0.15, 0.2) is 0 Å². The average Bonchev–Trinajstić information content (AvgIpc) is 3.41. The molecule has 0 saturated carbocycles. The third-order valence-electron chi connectivity index (χ3n) is 3.92. The molecule has 0 unspecified atom stereocenters. The van der Waals surface area contributed by atoms with Crippen molar-refractivity contribution >= 4 is 0 Å². The van der Waals surface area contributed by atoms with E-state index < -0.39 is 0 Å². The molecule has 0 aliphatic carbocycles. The first kappa shape index (κ1) is 37.2. The average molecular weight is 504 g/mol. The van der Waals surface area contributed by atoms with E-state index >= 15 is 0 Å². The Balaban J connectivity index is -0.0000000823. The normalized spacial score (nSPS) is 7.30. The van der Waals surface area contributed by atoms with Gasteiger partial charge in [-0.05, 0) is 0 Å². The van der Waals surface area contributed by atoms with Crippen LogP contribution in [0.3, 0.4) is 0 Å². The van der Waals surface area contributed by atoms with E-state index in [9.17, 15) is 0 Å². The van der Waals surface area contributed by atoms with Gasteiger partial charge in [0.2, 0.25) is 0 Å². The van der Waals surface area contributed by atoms with Gasteiger partial charge in [-0.15, -0.1) is 0 Å². The van der Waals surface area contributed by atoms with Crippen LogP contribution < -0.4 is 0 Å². The Morgan fingerprint density at radius 1 is 0.704 bits per heavy atom. The van der Waals surface area contributed by atoms with Gasteiger partial charge in [-0.2, -0.15) is 46.0 Å². The van der Waals surface area contributed by atoms with Gasteiger partial charge >= 0.3 is 0 Å². The van der Waals surface area contributed by atoms with Crippen LogP contribution in [0.5, 0.6) is 0 Å². The summed E-state index contributed by atoms with van der Waals surface area (Å²) in [5.74, 6) is 0.